The number of benzene rings is 1. The van der Waals surface area contributed by atoms with E-state index in [9.17, 15) is 24.3 Å². The van der Waals surface area contributed by atoms with E-state index in [2.05, 4.69) is 5.32 Å². The molecule has 1 amide bonds. The van der Waals surface area contributed by atoms with Crippen molar-refractivity contribution in [1.82, 2.24) is 5.32 Å². The lowest BCUT2D eigenvalue weighted by atomic mass is 9.84. The highest BCUT2D eigenvalue weighted by molar-refractivity contribution is 5.92. The van der Waals surface area contributed by atoms with E-state index in [1.54, 1.807) is 0 Å². The minimum Gasteiger partial charge on any atom is -0.481 e. The van der Waals surface area contributed by atoms with Gasteiger partial charge in [-0.2, -0.15) is 0 Å². The number of ketones is 1. The molecule has 0 unspecified atom stereocenters. The predicted molar refractivity (Wildman–Crippen MR) is 125 cm³/mol. The number of nitrogens with one attached hydrogen (secondary N) is 1. The Balaban J connectivity index is 2.21. The fourth-order valence-electron chi connectivity index (χ4n) is 4.46. The summed E-state index contributed by atoms with van der Waals surface area (Å²) < 4.78 is 4.83. The van der Waals surface area contributed by atoms with Gasteiger partial charge in [0.05, 0.1) is 19.4 Å². The predicted octanol–water partition coefficient (Wildman–Crippen LogP) is 4.08. The summed E-state index contributed by atoms with van der Waals surface area (Å²) in [6.07, 6.45) is 8.08. The Morgan fingerprint density at radius 1 is 0.939 bits per heavy atom. The molecule has 1 aliphatic heterocycles. The maximum atomic E-state index is 13.3. The third-order valence-corrected chi connectivity index (χ3v) is 6.37. The molecule has 0 bridgehead atoms. The number of carbonyl (C=O) groups is 4. The Kier molecular flexibility index (Phi) is 11.6. The van der Waals surface area contributed by atoms with Gasteiger partial charge in [-0.05, 0) is 24.8 Å². The molecule has 1 aromatic rings. The van der Waals surface area contributed by atoms with Gasteiger partial charge in [-0.15, -0.1) is 0 Å². The van der Waals surface area contributed by atoms with Gasteiger partial charge in [-0.25, -0.2) is 4.79 Å². The van der Waals surface area contributed by atoms with Crippen LogP contribution in [0.2, 0.25) is 0 Å². The van der Waals surface area contributed by atoms with Crippen LogP contribution in [0.5, 0.6) is 0 Å². The van der Waals surface area contributed by atoms with Crippen molar-refractivity contribution in [3.05, 3.63) is 35.9 Å². The zero-order valence-electron chi connectivity index (χ0n) is 19.6. The third kappa shape index (κ3) is 9.76. The summed E-state index contributed by atoms with van der Waals surface area (Å²) >= 11 is 0. The molecule has 1 saturated heterocycles. The fraction of sp³-hybridized carbons (Fsp3) is 0.615. The number of methoxy groups -OCH3 is 1. The molecule has 1 fully saturated rings. The second-order valence-electron chi connectivity index (χ2n) is 8.99. The lowest BCUT2D eigenvalue weighted by molar-refractivity contribution is -0.146. The van der Waals surface area contributed by atoms with Crippen LogP contribution in [0.25, 0.3) is 0 Å². The molecule has 3 atom stereocenters. The number of hydrogen-bond donors (Lipinski definition) is 2. The second kappa shape index (κ2) is 14.4. The molecule has 1 aromatic carbocycles. The van der Waals surface area contributed by atoms with Gasteiger partial charge < -0.3 is 15.2 Å². The average Bonchev–Trinajstić information content (AvgIpc) is 2.80. The summed E-state index contributed by atoms with van der Waals surface area (Å²) in [4.78, 5) is 49.8. The Hall–Kier alpha value is -2.70. The lowest BCUT2D eigenvalue weighted by Crippen LogP contribution is -2.45. The van der Waals surface area contributed by atoms with Crippen LogP contribution in [0.1, 0.15) is 76.2 Å². The molecule has 2 rings (SSSR count). The molecule has 33 heavy (non-hydrogen) atoms. The van der Waals surface area contributed by atoms with E-state index in [4.69, 9.17) is 4.74 Å². The van der Waals surface area contributed by atoms with E-state index in [0.29, 0.717) is 12.8 Å². The van der Waals surface area contributed by atoms with Crippen molar-refractivity contribution < 1.29 is 29.0 Å². The maximum Gasteiger partial charge on any atom is 0.328 e. The molecular weight excluding hydrogens is 422 g/mol. The van der Waals surface area contributed by atoms with Crippen molar-refractivity contribution in [2.45, 2.75) is 83.1 Å². The molecule has 0 radical (unpaired) electrons. The van der Waals surface area contributed by atoms with E-state index < -0.39 is 36.2 Å². The quantitative estimate of drug-likeness (QED) is 0.642. The van der Waals surface area contributed by atoms with Gasteiger partial charge in [-0.1, -0.05) is 75.3 Å². The zero-order valence-corrected chi connectivity index (χ0v) is 19.6. The number of amides is 1. The van der Waals surface area contributed by atoms with E-state index >= 15 is 0 Å². The van der Waals surface area contributed by atoms with Crippen molar-refractivity contribution >= 4 is 23.6 Å². The summed E-state index contributed by atoms with van der Waals surface area (Å²) in [5.74, 6) is -3.65. The number of ether oxygens (including phenoxy) is 1. The number of rotatable bonds is 5. The zero-order chi connectivity index (χ0) is 24.1. The van der Waals surface area contributed by atoms with E-state index in [0.717, 1.165) is 56.9 Å². The molecule has 1 aliphatic rings. The molecule has 1 heterocycles. The van der Waals surface area contributed by atoms with Crippen LogP contribution in [-0.2, 0) is 30.3 Å². The highest BCUT2D eigenvalue weighted by Gasteiger charge is 2.31. The highest BCUT2D eigenvalue weighted by Crippen LogP contribution is 2.23. The highest BCUT2D eigenvalue weighted by atomic mass is 16.5. The molecule has 0 spiro atoms. The summed E-state index contributed by atoms with van der Waals surface area (Å²) in [6, 6.07) is 8.92. The first-order valence-corrected chi connectivity index (χ1v) is 12.1. The molecule has 7 nitrogen and oxygen atoms in total. The monoisotopic (exact) mass is 459 g/mol. The summed E-state index contributed by atoms with van der Waals surface area (Å²) in [7, 11) is 1.26. The van der Waals surface area contributed by atoms with Gasteiger partial charge in [0, 0.05) is 12.3 Å². The van der Waals surface area contributed by atoms with Gasteiger partial charge in [-0.3, -0.25) is 14.4 Å². The molecule has 2 N–H and O–H groups in total. The fourth-order valence-corrected chi connectivity index (χ4v) is 4.46. The van der Waals surface area contributed by atoms with Crippen LogP contribution >= 0.6 is 0 Å². The van der Waals surface area contributed by atoms with Crippen LogP contribution in [0, 0.1) is 11.8 Å². The molecule has 0 saturated carbocycles. The first kappa shape index (κ1) is 26.6. The molecular formula is C26H37NO6. The maximum absolute atomic E-state index is 13.3. The number of carboxylic acids is 1. The topological polar surface area (TPSA) is 110 Å². The Bertz CT molecular complexity index is 778. The minimum atomic E-state index is -1.15. The van der Waals surface area contributed by atoms with Crippen LogP contribution in [0.15, 0.2) is 30.3 Å². The lowest BCUT2D eigenvalue weighted by Gasteiger charge is -2.23. The molecule has 7 heteroatoms. The molecule has 182 valence electrons. The van der Waals surface area contributed by atoms with Gasteiger partial charge in [0.1, 0.15) is 11.8 Å². The first-order chi connectivity index (χ1) is 15.9. The standard InChI is InChI=1S/C26H37NO6/c1-33-26(32)22-15-11-6-4-2-3-5-10-14-20(16-19-12-8-7-9-13-19)23(28)17-21(18-24(29)30)25(31)27-22/h7-9,12-13,20-22H,2-6,10-11,14-18H2,1H3,(H,27,31)(H,29,30)/t20-,21+,22+/m1/s1. The van der Waals surface area contributed by atoms with Crippen molar-refractivity contribution in [2.75, 3.05) is 7.11 Å². The molecule has 0 aliphatic carbocycles. The van der Waals surface area contributed by atoms with Crippen LogP contribution < -0.4 is 5.32 Å². The van der Waals surface area contributed by atoms with Crippen molar-refractivity contribution in [1.29, 1.82) is 0 Å². The molecule has 0 aromatic heterocycles. The summed E-state index contributed by atoms with van der Waals surface area (Å²) in [6.45, 7) is 0. The van der Waals surface area contributed by atoms with Crippen LogP contribution in [0.3, 0.4) is 0 Å². The van der Waals surface area contributed by atoms with Crippen molar-refractivity contribution in [3.8, 4) is 0 Å². The summed E-state index contributed by atoms with van der Waals surface area (Å²) in [5.41, 5.74) is 1.05. The Labute approximate surface area is 196 Å². The normalized spacial score (nSPS) is 24.0. The number of carboxylic acid groups (broad SMARTS) is 1. The van der Waals surface area contributed by atoms with Gasteiger partial charge in [0.25, 0.3) is 0 Å². The van der Waals surface area contributed by atoms with E-state index in [1.165, 1.54) is 7.11 Å². The van der Waals surface area contributed by atoms with Gasteiger partial charge in [0.15, 0.2) is 0 Å². The van der Waals surface area contributed by atoms with Crippen LogP contribution in [-0.4, -0.2) is 41.9 Å². The van der Waals surface area contributed by atoms with Gasteiger partial charge in [0.2, 0.25) is 5.91 Å². The SMILES string of the molecule is COC(=O)[C@@H]1CCCCCCCCC[C@H](Cc2ccccc2)C(=O)C[C@@H](CC(=O)O)C(=O)N1. The van der Waals surface area contributed by atoms with Gasteiger partial charge >= 0.3 is 11.9 Å². The smallest absolute Gasteiger partial charge is 0.328 e. The summed E-state index contributed by atoms with van der Waals surface area (Å²) in [5, 5.41) is 12.0. The van der Waals surface area contributed by atoms with E-state index in [-0.39, 0.29) is 18.1 Å². The van der Waals surface area contributed by atoms with Crippen molar-refractivity contribution in [2.24, 2.45) is 11.8 Å². The number of carbonyl (C=O) groups excluding carboxylic acids is 3. The Morgan fingerprint density at radius 3 is 2.15 bits per heavy atom. The van der Waals surface area contributed by atoms with E-state index in [1.807, 2.05) is 30.3 Å². The first-order valence-electron chi connectivity index (χ1n) is 12.1. The number of Topliss-reactive ketones (excluding diaryl/α,β-unsaturated/α-hetero) is 1. The minimum absolute atomic E-state index is 0.0954. The largest absolute Gasteiger partial charge is 0.481 e. The van der Waals surface area contributed by atoms with Crippen molar-refractivity contribution in [3.63, 3.8) is 0 Å². The second-order valence-corrected chi connectivity index (χ2v) is 8.99. The number of hydrogen-bond acceptors (Lipinski definition) is 5. The Morgan fingerprint density at radius 2 is 1.55 bits per heavy atom. The number of esters is 1. The average molecular weight is 460 g/mol. The van der Waals surface area contributed by atoms with Crippen LogP contribution in [0.4, 0.5) is 0 Å². The number of aliphatic carboxylic acids is 1. The third-order valence-electron chi connectivity index (χ3n) is 6.37.